The van der Waals surface area contributed by atoms with Gasteiger partial charge in [0.25, 0.3) is 0 Å². The first kappa shape index (κ1) is 15.0. The van der Waals surface area contributed by atoms with Crippen molar-refractivity contribution in [3.05, 3.63) is 29.8 Å². The van der Waals surface area contributed by atoms with Gasteiger partial charge in [-0.1, -0.05) is 31.5 Å². The molecule has 0 heterocycles. The molecule has 3 nitrogen and oxygen atoms in total. The highest BCUT2D eigenvalue weighted by atomic mass is 16.5. The molecule has 0 amide bonds. The highest BCUT2D eigenvalue weighted by Crippen LogP contribution is 2.26. The third-order valence-electron chi connectivity index (χ3n) is 2.97. The summed E-state index contributed by atoms with van der Waals surface area (Å²) in [5.74, 6) is 0.786. The lowest BCUT2D eigenvalue weighted by molar-refractivity contribution is 0.166. The molecule has 3 heteroatoms. The summed E-state index contributed by atoms with van der Waals surface area (Å²) in [6.45, 7) is 2.89. The summed E-state index contributed by atoms with van der Waals surface area (Å²) < 4.78 is 5.72. The Balaban J connectivity index is 2.37. The fourth-order valence-electron chi connectivity index (χ4n) is 1.86. The lowest BCUT2D eigenvalue weighted by atomic mass is 10.1. The molecule has 18 heavy (non-hydrogen) atoms. The fraction of sp³-hybridized carbons (Fsp3) is 0.600. The standard InChI is InChI=1S/C15H24O3/c1-2-14(17)13-9-5-6-10-15(13)18-12-8-4-3-7-11-16/h5-6,9-10,14,16-17H,2-4,7-8,11-12H2,1H3. The van der Waals surface area contributed by atoms with Crippen molar-refractivity contribution >= 4 is 0 Å². The van der Waals surface area contributed by atoms with E-state index in [1.807, 2.05) is 31.2 Å². The van der Waals surface area contributed by atoms with Gasteiger partial charge in [0.15, 0.2) is 0 Å². The summed E-state index contributed by atoms with van der Waals surface area (Å²) in [5, 5.41) is 18.5. The lowest BCUT2D eigenvalue weighted by Gasteiger charge is -2.14. The minimum Gasteiger partial charge on any atom is -0.493 e. The van der Waals surface area contributed by atoms with Crippen LogP contribution in [0.1, 0.15) is 50.7 Å². The van der Waals surface area contributed by atoms with Gasteiger partial charge >= 0.3 is 0 Å². The van der Waals surface area contributed by atoms with Gasteiger partial charge in [0.1, 0.15) is 5.75 Å². The van der Waals surface area contributed by atoms with E-state index in [1.165, 1.54) is 0 Å². The number of unbranched alkanes of at least 4 members (excludes halogenated alkanes) is 3. The molecule has 102 valence electrons. The molecule has 0 spiro atoms. The first-order valence-corrected chi connectivity index (χ1v) is 6.80. The van der Waals surface area contributed by atoms with Crippen LogP contribution >= 0.6 is 0 Å². The molecule has 1 aromatic rings. The van der Waals surface area contributed by atoms with Crippen LogP contribution in [0.5, 0.6) is 5.75 Å². The third-order valence-corrected chi connectivity index (χ3v) is 2.97. The first-order valence-electron chi connectivity index (χ1n) is 6.80. The highest BCUT2D eigenvalue weighted by molar-refractivity contribution is 5.34. The van der Waals surface area contributed by atoms with Crippen LogP contribution in [-0.4, -0.2) is 23.4 Å². The minimum absolute atomic E-state index is 0.270. The van der Waals surface area contributed by atoms with Gasteiger partial charge in [-0.3, -0.25) is 0 Å². The summed E-state index contributed by atoms with van der Waals surface area (Å²) in [4.78, 5) is 0. The summed E-state index contributed by atoms with van der Waals surface area (Å²) in [7, 11) is 0. The highest BCUT2D eigenvalue weighted by Gasteiger charge is 2.10. The number of aliphatic hydroxyl groups excluding tert-OH is 2. The Hall–Kier alpha value is -1.06. The minimum atomic E-state index is -0.449. The molecule has 0 saturated carbocycles. The van der Waals surface area contributed by atoms with Crippen molar-refractivity contribution in [2.24, 2.45) is 0 Å². The van der Waals surface area contributed by atoms with Crippen molar-refractivity contribution < 1.29 is 14.9 Å². The Kier molecular flexibility index (Phi) is 7.46. The molecule has 1 aromatic carbocycles. The quantitative estimate of drug-likeness (QED) is 0.664. The van der Waals surface area contributed by atoms with Crippen molar-refractivity contribution in [3.63, 3.8) is 0 Å². The van der Waals surface area contributed by atoms with E-state index in [0.717, 1.165) is 37.0 Å². The van der Waals surface area contributed by atoms with E-state index in [-0.39, 0.29) is 6.61 Å². The molecule has 0 aliphatic rings. The van der Waals surface area contributed by atoms with Crippen molar-refractivity contribution in [1.29, 1.82) is 0 Å². The van der Waals surface area contributed by atoms with Gasteiger partial charge in [-0.15, -0.1) is 0 Å². The first-order chi connectivity index (χ1) is 8.79. The second kappa shape index (κ2) is 8.95. The molecular formula is C15H24O3. The zero-order valence-electron chi connectivity index (χ0n) is 11.1. The average Bonchev–Trinajstić information content (AvgIpc) is 2.42. The molecule has 0 fully saturated rings. The summed E-state index contributed by atoms with van der Waals surface area (Å²) in [6.07, 6.45) is 4.20. The second-order valence-electron chi connectivity index (χ2n) is 4.45. The topological polar surface area (TPSA) is 49.7 Å². The van der Waals surface area contributed by atoms with Crippen LogP contribution in [-0.2, 0) is 0 Å². The van der Waals surface area contributed by atoms with Gasteiger partial charge in [0.2, 0.25) is 0 Å². The monoisotopic (exact) mass is 252 g/mol. The molecular weight excluding hydrogens is 228 g/mol. The van der Waals surface area contributed by atoms with E-state index in [0.29, 0.717) is 13.0 Å². The zero-order valence-corrected chi connectivity index (χ0v) is 11.1. The molecule has 1 rings (SSSR count). The van der Waals surface area contributed by atoms with Gasteiger partial charge < -0.3 is 14.9 Å². The predicted octanol–water partition coefficient (Wildman–Crippen LogP) is 3.06. The number of hydrogen-bond donors (Lipinski definition) is 2. The Morgan fingerprint density at radius 1 is 1.11 bits per heavy atom. The van der Waals surface area contributed by atoms with E-state index in [9.17, 15) is 5.11 Å². The van der Waals surface area contributed by atoms with Crippen molar-refractivity contribution in [3.8, 4) is 5.75 Å². The van der Waals surface area contributed by atoms with Gasteiger partial charge in [-0.2, -0.15) is 0 Å². The molecule has 2 N–H and O–H groups in total. The number of aliphatic hydroxyl groups is 2. The summed E-state index contributed by atoms with van der Waals surface area (Å²) in [5.41, 5.74) is 0.871. The number of hydrogen-bond acceptors (Lipinski definition) is 3. The molecule has 1 unspecified atom stereocenters. The fourth-order valence-corrected chi connectivity index (χ4v) is 1.86. The Morgan fingerprint density at radius 2 is 1.83 bits per heavy atom. The maximum absolute atomic E-state index is 9.87. The number of ether oxygens (including phenoxy) is 1. The molecule has 0 bridgehead atoms. The summed E-state index contributed by atoms with van der Waals surface area (Å²) >= 11 is 0. The molecule has 0 aromatic heterocycles. The van der Waals surface area contributed by atoms with E-state index >= 15 is 0 Å². The smallest absolute Gasteiger partial charge is 0.125 e. The number of benzene rings is 1. The molecule has 0 radical (unpaired) electrons. The zero-order chi connectivity index (χ0) is 13.2. The maximum Gasteiger partial charge on any atom is 0.125 e. The molecule has 0 aliphatic carbocycles. The largest absolute Gasteiger partial charge is 0.493 e. The van der Waals surface area contributed by atoms with E-state index < -0.39 is 6.10 Å². The second-order valence-corrected chi connectivity index (χ2v) is 4.45. The Morgan fingerprint density at radius 3 is 2.56 bits per heavy atom. The lowest BCUT2D eigenvalue weighted by Crippen LogP contribution is -2.03. The van der Waals surface area contributed by atoms with Crippen LogP contribution in [0.3, 0.4) is 0 Å². The number of para-hydroxylation sites is 1. The van der Waals surface area contributed by atoms with E-state index in [2.05, 4.69) is 0 Å². The van der Waals surface area contributed by atoms with Crippen LogP contribution in [0.25, 0.3) is 0 Å². The van der Waals surface area contributed by atoms with Crippen molar-refractivity contribution in [1.82, 2.24) is 0 Å². The third kappa shape index (κ3) is 5.07. The predicted molar refractivity (Wildman–Crippen MR) is 72.7 cm³/mol. The van der Waals surface area contributed by atoms with Crippen LogP contribution < -0.4 is 4.74 Å². The molecule has 0 aliphatic heterocycles. The molecule has 0 saturated heterocycles. The summed E-state index contributed by atoms with van der Waals surface area (Å²) in [6, 6.07) is 7.66. The van der Waals surface area contributed by atoms with Gasteiger partial charge in [0, 0.05) is 12.2 Å². The van der Waals surface area contributed by atoms with Crippen molar-refractivity contribution in [2.45, 2.75) is 45.1 Å². The Labute approximate surface area is 109 Å². The van der Waals surface area contributed by atoms with Crippen LogP contribution in [0.4, 0.5) is 0 Å². The number of rotatable bonds is 9. The SMILES string of the molecule is CCC(O)c1ccccc1OCCCCCCO. The van der Waals surface area contributed by atoms with Crippen LogP contribution in [0.15, 0.2) is 24.3 Å². The van der Waals surface area contributed by atoms with Crippen molar-refractivity contribution in [2.75, 3.05) is 13.2 Å². The molecule has 1 atom stereocenters. The maximum atomic E-state index is 9.87. The normalized spacial score (nSPS) is 12.4. The van der Waals surface area contributed by atoms with E-state index in [4.69, 9.17) is 9.84 Å². The van der Waals surface area contributed by atoms with Crippen LogP contribution in [0, 0.1) is 0 Å². The van der Waals surface area contributed by atoms with Crippen LogP contribution in [0.2, 0.25) is 0 Å². The van der Waals surface area contributed by atoms with Gasteiger partial charge in [0.05, 0.1) is 12.7 Å². The van der Waals surface area contributed by atoms with Gasteiger partial charge in [-0.25, -0.2) is 0 Å². The van der Waals surface area contributed by atoms with E-state index in [1.54, 1.807) is 0 Å². The van der Waals surface area contributed by atoms with Gasteiger partial charge in [-0.05, 0) is 31.7 Å². The Bertz CT molecular complexity index is 325. The average molecular weight is 252 g/mol.